The first-order chi connectivity index (χ1) is 7.37. The molecule has 1 saturated carbocycles. The maximum Gasteiger partial charge on any atom is 0.261 e. The van der Waals surface area contributed by atoms with Crippen LogP contribution in [0, 0.1) is 16.7 Å². The Morgan fingerprint density at radius 2 is 2.00 bits per heavy atom. The highest BCUT2D eigenvalue weighted by atomic mass is 32.1. The van der Waals surface area contributed by atoms with E-state index in [9.17, 15) is 4.79 Å². The second-order valence-corrected chi connectivity index (χ2v) is 6.63. The highest BCUT2D eigenvalue weighted by Gasteiger charge is 2.64. The van der Waals surface area contributed by atoms with Crippen LogP contribution in [-0.2, 0) is 0 Å². The Kier molecular flexibility index (Phi) is 2.61. The van der Waals surface area contributed by atoms with Crippen LogP contribution in [0.4, 0.5) is 0 Å². The Bertz CT molecular complexity index is 378. The van der Waals surface area contributed by atoms with Crippen LogP contribution in [0.3, 0.4) is 0 Å². The lowest BCUT2D eigenvalue weighted by Crippen LogP contribution is -2.26. The average molecular weight is 237 g/mol. The molecule has 0 radical (unpaired) electrons. The van der Waals surface area contributed by atoms with Gasteiger partial charge in [0.1, 0.15) is 0 Å². The van der Waals surface area contributed by atoms with E-state index in [0.29, 0.717) is 16.7 Å². The molecule has 0 saturated heterocycles. The first-order valence-corrected chi connectivity index (χ1v) is 6.57. The van der Waals surface area contributed by atoms with Gasteiger partial charge in [0.15, 0.2) is 0 Å². The molecule has 0 bridgehead atoms. The van der Waals surface area contributed by atoms with Crippen molar-refractivity contribution < 1.29 is 4.79 Å². The molecule has 1 N–H and O–H groups in total. The summed E-state index contributed by atoms with van der Waals surface area (Å²) in [6.07, 6.45) is 0. The average Bonchev–Trinajstić information content (AvgIpc) is 2.66. The van der Waals surface area contributed by atoms with Crippen LogP contribution in [-0.4, -0.2) is 12.5 Å². The van der Waals surface area contributed by atoms with Gasteiger partial charge in [0.25, 0.3) is 5.91 Å². The zero-order valence-corrected chi connectivity index (χ0v) is 11.1. The molecular weight excluding hydrogens is 218 g/mol. The van der Waals surface area contributed by atoms with E-state index in [0.717, 1.165) is 11.4 Å². The Hall–Kier alpha value is -0.830. The summed E-state index contributed by atoms with van der Waals surface area (Å²) in [6, 6.07) is 3.77. The summed E-state index contributed by atoms with van der Waals surface area (Å²) in [5, 5.41) is 4.96. The van der Waals surface area contributed by atoms with E-state index in [-0.39, 0.29) is 5.91 Å². The maximum atomic E-state index is 11.8. The van der Waals surface area contributed by atoms with Crippen molar-refractivity contribution >= 4 is 17.2 Å². The highest BCUT2D eigenvalue weighted by Crippen LogP contribution is 2.67. The summed E-state index contributed by atoms with van der Waals surface area (Å²) < 4.78 is 0. The van der Waals surface area contributed by atoms with Gasteiger partial charge < -0.3 is 5.32 Å². The third-order valence-electron chi connectivity index (χ3n) is 4.53. The number of carbonyl (C=O) groups is 1. The van der Waals surface area contributed by atoms with Gasteiger partial charge in [-0.25, -0.2) is 0 Å². The second kappa shape index (κ2) is 3.59. The maximum absolute atomic E-state index is 11.8. The zero-order chi connectivity index (χ0) is 12.0. The number of hydrogen-bond donors (Lipinski definition) is 1. The van der Waals surface area contributed by atoms with Crippen LogP contribution >= 0.6 is 11.3 Å². The van der Waals surface area contributed by atoms with E-state index in [4.69, 9.17) is 0 Å². The molecule has 0 aliphatic heterocycles. The summed E-state index contributed by atoms with van der Waals surface area (Å²) in [5.74, 6) is 0.650. The van der Waals surface area contributed by atoms with Gasteiger partial charge in [-0.15, -0.1) is 11.3 Å². The van der Waals surface area contributed by atoms with Gasteiger partial charge in [-0.2, -0.15) is 0 Å². The van der Waals surface area contributed by atoms with Gasteiger partial charge in [-0.1, -0.05) is 33.8 Å². The Morgan fingerprint density at radius 3 is 2.44 bits per heavy atom. The molecule has 0 unspecified atom stereocenters. The van der Waals surface area contributed by atoms with E-state index in [2.05, 4.69) is 33.0 Å². The topological polar surface area (TPSA) is 29.1 Å². The Balaban J connectivity index is 1.89. The van der Waals surface area contributed by atoms with Crippen molar-refractivity contribution in [2.75, 3.05) is 6.54 Å². The van der Waals surface area contributed by atoms with Crippen molar-refractivity contribution in [2.45, 2.75) is 27.7 Å². The van der Waals surface area contributed by atoms with Crippen molar-refractivity contribution in [1.82, 2.24) is 5.32 Å². The Labute approximate surface area is 101 Å². The van der Waals surface area contributed by atoms with E-state index in [1.54, 1.807) is 0 Å². The van der Waals surface area contributed by atoms with Crippen LogP contribution in [0.1, 0.15) is 37.4 Å². The molecule has 1 heterocycles. The van der Waals surface area contributed by atoms with Crippen LogP contribution in [0.2, 0.25) is 0 Å². The smallest absolute Gasteiger partial charge is 0.261 e. The van der Waals surface area contributed by atoms with Crippen molar-refractivity contribution in [2.24, 2.45) is 16.7 Å². The van der Waals surface area contributed by atoms with E-state index >= 15 is 0 Å². The molecule has 16 heavy (non-hydrogen) atoms. The summed E-state index contributed by atoms with van der Waals surface area (Å²) in [6.45, 7) is 9.88. The molecule has 1 amide bonds. The molecule has 0 aromatic carbocycles. The Morgan fingerprint density at radius 1 is 1.38 bits per heavy atom. The normalized spacial score (nSPS) is 21.8. The molecule has 2 rings (SSSR count). The number of carbonyl (C=O) groups excluding carboxylic acids is 1. The fourth-order valence-electron chi connectivity index (χ4n) is 2.53. The fourth-order valence-corrected chi connectivity index (χ4v) is 3.17. The highest BCUT2D eigenvalue weighted by molar-refractivity contribution is 7.12. The third-order valence-corrected chi connectivity index (χ3v) is 5.40. The minimum absolute atomic E-state index is 0.0634. The van der Waals surface area contributed by atoms with Gasteiger partial charge >= 0.3 is 0 Å². The monoisotopic (exact) mass is 237 g/mol. The molecule has 1 aromatic heterocycles. The predicted molar refractivity (Wildman–Crippen MR) is 67.7 cm³/mol. The summed E-state index contributed by atoms with van der Waals surface area (Å²) in [7, 11) is 0. The van der Waals surface area contributed by atoms with Gasteiger partial charge in [-0.3, -0.25) is 4.79 Å². The molecule has 2 nitrogen and oxygen atoms in total. The third kappa shape index (κ3) is 1.67. The summed E-state index contributed by atoms with van der Waals surface area (Å²) in [4.78, 5) is 12.6. The van der Waals surface area contributed by atoms with Crippen molar-refractivity contribution in [3.8, 4) is 0 Å². The number of nitrogens with one attached hydrogen (secondary N) is 1. The molecule has 1 fully saturated rings. The lowest BCUT2D eigenvalue weighted by atomic mass is 10.0. The number of hydrogen-bond acceptors (Lipinski definition) is 2. The van der Waals surface area contributed by atoms with Gasteiger partial charge in [0.2, 0.25) is 0 Å². The number of rotatable bonds is 3. The molecular formula is C13H19NOS. The number of thiophene rings is 1. The number of amides is 1. The van der Waals surface area contributed by atoms with Gasteiger partial charge in [0.05, 0.1) is 4.88 Å². The largest absolute Gasteiger partial charge is 0.351 e. The van der Waals surface area contributed by atoms with E-state index < -0.39 is 0 Å². The summed E-state index contributed by atoms with van der Waals surface area (Å²) >= 11 is 1.49. The van der Waals surface area contributed by atoms with E-state index in [1.165, 1.54) is 11.3 Å². The molecule has 0 atom stereocenters. The molecule has 1 aromatic rings. The quantitative estimate of drug-likeness (QED) is 0.859. The SMILES string of the molecule is CC1(C)C(CNC(=O)c2cccs2)C1(C)C. The standard InChI is InChI=1S/C13H19NOS/c1-12(2)10(13(12,3)4)8-14-11(15)9-6-5-7-16-9/h5-7,10H,8H2,1-4H3,(H,14,15). The van der Waals surface area contributed by atoms with Crippen LogP contribution in [0.15, 0.2) is 17.5 Å². The lowest BCUT2D eigenvalue weighted by Gasteiger charge is -2.04. The van der Waals surface area contributed by atoms with Crippen LogP contribution < -0.4 is 5.32 Å². The predicted octanol–water partition coefficient (Wildman–Crippen LogP) is 3.16. The van der Waals surface area contributed by atoms with Crippen molar-refractivity contribution in [3.63, 3.8) is 0 Å². The minimum atomic E-state index is 0.0634. The molecule has 88 valence electrons. The lowest BCUT2D eigenvalue weighted by molar-refractivity contribution is 0.0954. The zero-order valence-electron chi connectivity index (χ0n) is 10.3. The fraction of sp³-hybridized carbons (Fsp3) is 0.615. The summed E-state index contributed by atoms with van der Waals surface area (Å²) in [5.41, 5.74) is 0.686. The minimum Gasteiger partial charge on any atom is -0.351 e. The molecule has 1 aliphatic rings. The second-order valence-electron chi connectivity index (χ2n) is 5.68. The first-order valence-electron chi connectivity index (χ1n) is 5.69. The van der Waals surface area contributed by atoms with E-state index in [1.807, 2.05) is 17.5 Å². The van der Waals surface area contributed by atoms with Crippen LogP contribution in [0.5, 0.6) is 0 Å². The molecule has 3 heteroatoms. The molecule has 0 spiro atoms. The van der Waals surface area contributed by atoms with Crippen molar-refractivity contribution in [3.05, 3.63) is 22.4 Å². The van der Waals surface area contributed by atoms with Gasteiger partial charge in [-0.05, 0) is 28.2 Å². The van der Waals surface area contributed by atoms with Crippen molar-refractivity contribution in [1.29, 1.82) is 0 Å². The van der Waals surface area contributed by atoms with Gasteiger partial charge in [0, 0.05) is 6.54 Å². The van der Waals surface area contributed by atoms with Crippen LogP contribution in [0.25, 0.3) is 0 Å². The molecule has 1 aliphatic carbocycles. The first kappa shape index (κ1) is 11.6.